The normalized spacial score (nSPS) is 18.8. The first-order chi connectivity index (χ1) is 9.03. The van der Waals surface area contributed by atoms with E-state index in [4.69, 9.17) is 17.3 Å². The third kappa shape index (κ3) is 2.62. The van der Waals surface area contributed by atoms with Crippen LogP contribution in [0.3, 0.4) is 0 Å². The van der Waals surface area contributed by atoms with Gasteiger partial charge in [0.1, 0.15) is 16.5 Å². The number of rotatable bonds is 1. The molecular weight excluding hydrogens is 262 g/mol. The lowest BCUT2D eigenvalue weighted by molar-refractivity contribution is 0.363. The maximum atomic E-state index is 6.14. The second-order valence-corrected chi connectivity index (χ2v) is 5.73. The highest BCUT2D eigenvalue weighted by molar-refractivity contribution is 6.29. The van der Waals surface area contributed by atoms with E-state index in [9.17, 15) is 0 Å². The van der Waals surface area contributed by atoms with Crippen LogP contribution < -0.4 is 10.6 Å². The van der Waals surface area contributed by atoms with Gasteiger partial charge in [-0.15, -0.1) is 0 Å². The fraction of sp³-hybridized carbons (Fsp3) is 0.462. The average molecular weight is 278 g/mol. The van der Waals surface area contributed by atoms with E-state index in [2.05, 4.69) is 26.8 Å². The summed E-state index contributed by atoms with van der Waals surface area (Å²) in [7, 11) is 0. The van der Waals surface area contributed by atoms with Crippen LogP contribution in [0.1, 0.15) is 19.8 Å². The van der Waals surface area contributed by atoms with Gasteiger partial charge in [-0.25, -0.2) is 15.0 Å². The third-order valence-corrected chi connectivity index (χ3v) is 3.80. The Labute approximate surface area is 116 Å². The molecule has 1 saturated heterocycles. The fourth-order valence-corrected chi connectivity index (χ4v) is 2.41. The lowest BCUT2D eigenvalue weighted by atomic mass is 9.91. The van der Waals surface area contributed by atoms with Crippen LogP contribution in [0.5, 0.6) is 0 Å². The van der Waals surface area contributed by atoms with E-state index < -0.39 is 0 Å². The van der Waals surface area contributed by atoms with Crippen LogP contribution in [0.4, 0.5) is 5.82 Å². The first-order valence-corrected chi connectivity index (χ1v) is 6.74. The molecule has 100 valence electrons. The molecule has 0 unspecified atom stereocenters. The maximum absolute atomic E-state index is 6.14. The quantitative estimate of drug-likeness (QED) is 0.808. The molecule has 0 radical (unpaired) electrons. The fourth-order valence-electron chi connectivity index (χ4n) is 2.27. The predicted octanol–water partition coefficient (Wildman–Crippen LogP) is 2.00. The van der Waals surface area contributed by atoms with Gasteiger partial charge >= 0.3 is 0 Å². The van der Waals surface area contributed by atoms with E-state index in [0.29, 0.717) is 10.8 Å². The van der Waals surface area contributed by atoms with Crippen molar-refractivity contribution in [3.63, 3.8) is 0 Å². The molecule has 0 bridgehead atoms. The smallest absolute Gasteiger partial charge is 0.179 e. The molecule has 3 rings (SSSR count). The number of aromatic nitrogens is 3. The molecule has 1 aliphatic heterocycles. The Hall–Kier alpha value is -1.46. The molecule has 2 N–H and O–H groups in total. The summed E-state index contributed by atoms with van der Waals surface area (Å²) in [6.07, 6.45) is 3.68. The summed E-state index contributed by atoms with van der Waals surface area (Å²) in [5.41, 5.74) is 7.43. The molecule has 6 heteroatoms. The number of anilines is 1. The van der Waals surface area contributed by atoms with Crippen molar-refractivity contribution >= 4 is 28.6 Å². The summed E-state index contributed by atoms with van der Waals surface area (Å²) < 4.78 is 0. The summed E-state index contributed by atoms with van der Waals surface area (Å²) in [6, 6.07) is 3.58. The SMILES string of the molecule is CC1(N)CCN(c2cnc3nc(Cl)ccc3n2)CC1. The summed E-state index contributed by atoms with van der Waals surface area (Å²) in [4.78, 5) is 15.3. The number of halogens is 1. The highest BCUT2D eigenvalue weighted by Crippen LogP contribution is 2.23. The summed E-state index contributed by atoms with van der Waals surface area (Å²) in [6.45, 7) is 3.92. The Morgan fingerprint density at radius 1 is 1.26 bits per heavy atom. The monoisotopic (exact) mass is 277 g/mol. The average Bonchev–Trinajstić information content (AvgIpc) is 2.38. The van der Waals surface area contributed by atoms with E-state index in [1.807, 2.05) is 6.07 Å². The Morgan fingerprint density at radius 2 is 2.00 bits per heavy atom. The number of hydrogen-bond donors (Lipinski definition) is 1. The van der Waals surface area contributed by atoms with Gasteiger partial charge in [-0.05, 0) is 31.9 Å². The van der Waals surface area contributed by atoms with Gasteiger partial charge < -0.3 is 10.6 Å². The predicted molar refractivity (Wildman–Crippen MR) is 76.4 cm³/mol. The zero-order chi connectivity index (χ0) is 13.5. The largest absolute Gasteiger partial charge is 0.355 e. The molecule has 3 heterocycles. The minimum absolute atomic E-state index is 0.0597. The standard InChI is InChI=1S/C13H16ClN5/c1-13(15)4-6-19(7-5-13)11-8-16-12-9(17-11)2-3-10(14)18-12/h2-3,8H,4-7,15H2,1H3. The van der Waals surface area contributed by atoms with Gasteiger partial charge in [0.2, 0.25) is 0 Å². The molecule has 0 spiro atoms. The number of fused-ring (bicyclic) bond motifs is 1. The first kappa shape index (κ1) is 12.6. The summed E-state index contributed by atoms with van der Waals surface area (Å²) in [5.74, 6) is 0.882. The highest BCUT2D eigenvalue weighted by atomic mass is 35.5. The number of nitrogens with two attached hydrogens (primary N) is 1. The molecule has 2 aromatic heterocycles. The van der Waals surface area contributed by atoms with Crippen LogP contribution in [0.15, 0.2) is 18.3 Å². The molecule has 0 saturated carbocycles. The molecule has 0 aliphatic carbocycles. The summed E-state index contributed by atoms with van der Waals surface area (Å²) in [5, 5.41) is 0.437. The Morgan fingerprint density at radius 3 is 2.74 bits per heavy atom. The summed E-state index contributed by atoms with van der Waals surface area (Å²) >= 11 is 5.84. The molecular formula is C13H16ClN5. The van der Waals surface area contributed by atoms with Crippen LogP contribution in [-0.4, -0.2) is 33.6 Å². The van der Waals surface area contributed by atoms with Crippen LogP contribution >= 0.6 is 11.6 Å². The lowest BCUT2D eigenvalue weighted by Crippen LogP contribution is -2.48. The first-order valence-electron chi connectivity index (χ1n) is 6.37. The number of piperidine rings is 1. The van der Waals surface area contributed by atoms with E-state index in [1.54, 1.807) is 12.3 Å². The number of nitrogens with zero attached hydrogens (tertiary/aromatic N) is 4. The van der Waals surface area contributed by atoms with Crippen LogP contribution in [0.2, 0.25) is 5.15 Å². The molecule has 19 heavy (non-hydrogen) atoms. The van der Waals surface area contributed by atoms with Crippen molar-refractivity contribution in [2.75, 3.05) is 18.0 Å². The van der Waals surface area contributed by atoms with Crippen molar-refractivity contribution in [3.8, 4) is 0 Å². The van der Waals surface area contributed by atoms with Gasteiger partial charge in [-0.1, -0.05) is 11.6 Å². The molecule has 0 amide bonds. The van der Waals surface area contributed by atoms with Gasteiger partial charge in [-0.2, -0.15) is 0 Å². The zero-order valence-electron chi connectivity index (χ0n) is 10.8. The Kier molecular flexibility index (Phi) is 3.03. The topological polar surface area (TPSA) is 67.9 Å². The Bertz CT molecular complexity index is 603. The molecule has 1 aliphatic rings. The van der Waals surface area contributed by atoms with Gasteiger partial charge in [-0.3, -0.25) is 0 Å². The van der Waals surface area contributed by atoms with Crippen molar-refractivity contribution in [1.29, 1.82) is 0 Å². The van der Waals surface area contributed by atoms with Crippen LogP contribution in [0, 0.1) is 0 Å². The Balaban J connectivity index is 1.88. The van der Waals surface area contributed by atoms with Crippen molar-refractivity contribution in [1.82, 2.24) is 15.0 Å². The van der Waals surface area contributed by atoms with E-state index >= 15 is 0 Å². The molecule has 2 aromatic rings. The van der Waals surface area contributed by atoms with Gasteiger partial charge in [0, 0.05) is 18.6 Å². The van der Waals surface area contributed by atoms with Gasteiger partial charge in [0.05, 0.1) is 6.20 Å². The minimum atomic E-state index is -0.0597. The van der Waals surface area contributed by atoms with E-state index in [-0.39, 0.29) is 5.54 Å². The molecule has 0 atom stereocenters. The van der Waals surface area contributed by atoms with Crippen molar-refractivity contribution in [3.05, 3.63) is 23.5 Å². The highest BCUT2D eigenvalue weighted by Gasteiger charge is 2.26. The number of pyridine rings is 1. The zero-order valence-corrected chi connectivity index (χ0v) is 11.6. The van der Waals surface area contributed by atoms with Crippen molar-refractivity contribution in [2.45, 2.75) is 25.3 Å². The maximum Gasteiger partial charge on any atom is 0.179 e. The second kappa shape index (κ2) is 4.58. The molecule has 5 nitrogen and oxygen atoms in total. The molecule has 1 fully saturated rings. The van der Waals surface area contributed by atoms with Crippen molar-refractivity contribution in [2.24, 2.45) is 5.73 Å². The number of hydrogen-bond acceptors (Lipinski definition) is 5. The van der Waals surface area contributed by atoms with Crippen molar-refractivity contribution < 1.29 is 0 Å². The van der Waals surface area contributed by atoms with Crippen LogP contribution in [0.25, 0.3) is 11.2 Å². The minimum Gasteiger partial charge on any atom is -0.355 e. The van der Waals surface area contributed by atoms with Crippen LogP contribution in [-0.2, 0) is 0 Å². The molecule has 0 aromatic carbocycles. The second-order valence-electron chi connectivity index (χ2n) is 5.35. The van der Waals surface area contributed by atoms with E-state index in [0.717, 1.165) is 37.3 Å². The van der Waals surface area contributed by atoms with Gasteiger partial charge in [0.15, 0.2) is 5.65 Å². The van der Waals surface area contributed by atoms with E-state index in [1.165, 1.54) is 0 Å². The lowest BCUT2D eigenvalue weighted by Gasteiger charge is -2.37. The van der Waals surface area contributed by atoms with Gasteiger partial charge in [0.25, 0.3) is 0 Å². The third-order valence-electron chi connectivity index (χ3n) is 3.59.